The smallest absolute Gasteiger partial charge is 0.150 e. The first-order chi connectivity index (χ1) is 7.96. The maximum atomic E-state index is 11.4. The lowest BCUT2D eigenvalue weighted by molar-refractivity contribution is -0.0650. The van der Waals surface area contributed by atoms with E-state index in [1.165, 1.54) is 0 Å². The fourth-order valence-electron chi connectivity index (χ4n) is 2.06. The summed E-state index contributed by atoms with van der Waals surface area (Å²) in [6.45, 7) is 6.39. The molecule has 2 atom stereocenters. The lowest BCUT2D eigenvalue weighted by atomic mass is 10.2. The van der Waals surface area contributed by atoms with Crippen molar-refractivity contribution in [3.63, 3.8) is 0 Å². The summed E-state index contributed by atoms with van der Waals surface area (Å²) in [5, 5.41) is 0.834. The molecule has 6 heteroatoms. The van der Waals surface area contributed by atoms with Crippen molar-refractivity contribution in [2.75, 3.05) is 36.5 Å². The summed E-state index contributed by atoms with van der Waals surface area (Å²) < 4.78 is 28.5. The lowest BCUT2D eigenvalue weighted by Gasteiger charge is -2.36. The fraction of sp³-hybridized carbons (Fsp3) is 1.00. The second-order valence-corrected chi connectivity index (χ2v) is 7.69. The molecule has 0 saturated carbocycles. The first-order valence-corrected chi connectivity index (χ1v) is 9.05. The monoisotopic (exact) mass is 327 g/mol. The second kappa shape index (κ2) is 7.07. The number of ether oxygens (including phenoxy) is 1. The molecule has 4 nitrogen and oxygen atoms in total. The van der Waals surface area contributed by atoms with Gasteiger partial charge < -0.3 is 4.74 Å². The van der Waals surface area contributed by atoms with E-state index in [2.05, 4.69) is 27.8 Å². The number of halogens is 1. The zero-order chi connectivity index (χ0) is 12.9. The van der Waals surface area contributed by atoms with Crippen LogP contribution in [0.25, 0.3) is 0 Å². The van der Waals surface area contributed by atoms with Crippen LogP contribution in [0, 0.1) is 0 Å². The van der Waals surface area contributed by atoms with Gasteiger partial charge in [-0.2, -0.15) is 0 Å². The molecule has 1 fully saturated rings. The Balaban J connectivity index is 2.31. The first-order valence-electron chi connectivity index (χ1n) is 6.11. The van der Waals surface area contributed by atoms with Gasteiger partial charge in [0.1, 0.15) is 9.84 Å². The Hall–Kier alpha value is 0.350. The van der Waals surface area contributed by atoms with Gasteiger partial charge in [-0.1, -0.05) is 22.9 Å². The normalized spacial score (nSPS) is 27.2. The highest BCUT2D eigenvalue weighted by molar-refractivity contribution is 9.09. The van der Waals surface area contributed by atoms with E-state index in [1.807, 2.05) is 0 Å². The van der Waals surface area contributed by atoms with E-state index in [9.17, 15) is 8.42 Å². The quantitative estimate of drug-likeness (QED) is 0.690. The summed E-state index contributed by atoms with van der Waals surface area (Å²) >= 11 is 3.43. The van der Waals surface area contributed by atoms with Gasteiger partial charge in [-0.05, 0) is 19.9 Å². The van der Waals surface area contributed by atoms with Gasteiger partial charge in [-0.3, -0.25) is 4.90 Å². The van der Waals surface area contributed by atoms with E-state index in [0.717, 1.165) is 31.4 Å². The van der Waals surface area contributed by atoms with Crippen LogP contribution in [0.3, 0.4) is 0 Å². The SMILES string of the molecule is CCS(=O)(=O)CCCN1CC(C)OC(CBr)C1. The van der Waals surface area contributed by atoms with Crippen molar-refractivity contribution in [1.29, 1.82) is 0 Å². The average Bonchev–Trinajstić information content (AvgIpc) is 2.28. The molecule has 0 radical (unpaired) electrons. The number of hydrogen-bond donors (Lipinski definition) is 0. The summed E-state index contributed by atoms with van der Waals surface area (Å²) in [5.41, 5.74) is 0. The van der Waals surface area contributed by atoms with Crippen LogP contribution in [0.15, 0.2) is 0 Å². The summed E-state index contributed by atoms with van der Waals surface area (Å²) in [6.07, 6.45) is 1.17. The molecule has 1 heterocycles. The summed E-state index contributed by atoms with van der Waals surface area (Å²) in [7, 11) is -2.82. The maximum absolute atomic E-state index is 11.4. The first kappa shape index (κ1) is 15.4. The summed E-state index contributed by atoms with van der Waals surface area (Å²) in [5.74, 6) is 0.546. The topological polar surface area (TPSA) is 46.6 Å². The molecule has 1 rings (SSSR count). The Morgan fingerprint density at radius 1 is 1.41 bits per heavy atom. The van der Waals surface area contributed by atoms with Gasteiger partial charge in [-0.15, -0.1) is 0 Å². The van der Waals surface area contributed by atoms with Gasteiger partial charge in [0.05, 0.1) is 18.0 Å². The molecule has 1 aliphatic heterocycles. The van der Waals surface area contributed by atoms with Gasteiger partial charge in [-0.25, -0.2) is 8.42 Å². The van der Waals surface area contributed by atoms with Crippen molar-refractivity contribution in [3.05, 3.63) is 0 Å². The van der Waals surface area contributed by atoms with Gasteiger partial charge >= 0.3 is 0 Å². The molecule has 0 aromatic heterocycles. The molecule has 0 bridgehead atoms. The van der Waals surface area contributed by atoms with Crippen molar-refractivity contribution >= 4 is 25.8 Å². The molecule has 0 aliphatic carbocycles. The minimum absolute atomic E-state index is 0.224. The van der Waals surface area contributed by atoms with Crippen LogP contribution < -0.4 is 0 Å². The number of nitrogens with zero attached hydrogens (tertiary/aromatic N) is 1. The highest BCUT2D eigenvalue weighted by Crippen LogP contribution is 2.13. The Kier molecular flexibility index (Phi) is 6.40. The predicted molar refractivity (Wildman–Crippen MR) is 73.5 cm³/mol. The molecule has 2 unspecified atom stereocenters. The average molecular weight is 328 g/mol. The van der Waals surface area contributed by atoms with E-state index in [-0.39, 0.29) is 18.0 Å². The highest BCUT2D eigenvalue weighted by atomic mass is 79.9. The third-order valence-corrected chi connectivity index (χ3v) is 5.46. The molecule has 1 aliphatic rings. The zero-order valence-corrected chi connectivity index (χ0v) is 13.0. The van der Waals surface area contributed by atoms with Crippen LogP contribution in [0.5, 0.6) is 0 Å². The number of rotatable bonds is 6. The third-order valence-electron chi connectivity index (χ3n) is 2.94. The minimum Gasteiger partial charge on any atom is -0.372 e. The number of hydrogen-bond acceptors (Lipinski definition) is 4. The zero-order valence-electron chi connectivity index (χ0n) is 10.6. The van der Waals surface area contributed by atoms with E-state index in [4.69, 9.17) is 4.74 Å². The van der Waals surface area contributed by atoms with Crippen LogP contribution >= 0.6 is 15.9 Å². The minimum atomic E-state index is -2.82. The number of morpholine rings is 1. The van der Waals surface area contributed by atoms with E-state index < -0.39 is 9.84 Å². The summed E-state index contributed by atoms with van der Waals surface area (Å²) in [6, 6.07) is 0. The molecule has 0 aromatic carbocycles. The van der Waals surface area contributed by atoms with Gasteiger partial charge in [0.25, 0.3) is 0 Å². The number of sulfone groups is 1. The third kappa shape index (κ3) is 5.68. The molecule has 0 amide bonds. The summed E-state index contributed by atoms with van der Waals surface area (Å²) in [4.78, 5) is 2.30. The van der Waals surface area contributed by atoms with Crippen LogP contribution in [-0.2, 0) is 14.6 Å². The Bertz CT molecular complexity index is 321. The standard InChI is InChI=1S/C11H22BrNO3S/c1-3-17(14,15)6-4-5-13-8-10(2)16-11(7-12)9-13/h10-11H,3-9H2,1-2H3. The van der Waals surface area contributed by atoms with Crippen molar-refractivity contribution in [2.24, 2.45) is 0 Å². The van der Waals surface area contributed by atoms with Crippen molar-refractivity contribution in [1.82, 2.24) is 4.90 Å². The van der Waals surface area contributed by atoms with Crippen molar-refractivity contribution in [3.8, 4) is 0 Å². The molecule has 102 valence electrons. The fourth-order valence-corrected chi connectivity index (χ4v) is 3.28. The molecule has 17 heavy (non-hydrogen) atoms. The Labute approximate surface area is 113 Å². The molecule has 0 aromatic rings. The largest absolute Gasteiger partial charge is 0.372 e. The van der Waals surface area contributed by atoms with E-state index in [0.29, 0.717) is 5.75 Å². The van der Waals surface area contributed by atoms with Crippen LogP contribution in [0.2, 0.25) is 0 Å². The molecule has 0 N–H and O–H groups in total. The number of alkyl halides is 1. The molecule has 0 spiro atoms. The molecule has 1 saturated heterocycles. The van der Waals surface area contributed by atoms with Gasteiger partial charge in [0.15, 0.2) is 0 Å². The van der Waals surface area contributed by atoms with Crippen molar-refractivity contribution in [2.45, 2.75) is 32.5 Å². The Morgan fingerprint density at radius 3 is 2.71 bits per heavy atom. The van der Waals surface area contributed by atoms with Crippen LogP contribution in [0.1, 0.15) is 20.3 Å². The lowest BCUT2D eigenvalue weighted by Crippen LogP contribution is -2.47. The Morgan fingerprint density at radius 2 is 2.12 bits per heavy atom. The van der Waals surface area contributed by atoms with Gasteiger partial charge in [0.2, 0.25) is 0 Å². The molecular weight excluding hydrogens is 306 g/mol. The van der Waals surface area contributed by atoms with Crippen LogP contribution in [-0.4, -0.2) is 62.0 Å². The van der Waals surface area contributed by atoms with E-state index in [1.54, 1.807) is 6.92 Å². The van der Waals surface area contributed by atoms with E-state index >= 15 is 0 Å². The van der Waals surface area contributed by atoms with Crippen molar-refractivity contribution < 1.29 is 13.2 Å². The maximum Gasteiger partial charge on any atom is 0.150 e. The second-order valence-electron chi connectivity index (χ2n) is 4.57. The van der Waals surface area contributed by atoms with Gasteiger partial charge in [0, 0.05) is 24.2 Å². The highest BCUT2D eigenvalue weighted by Gasteiger charge is 2.24. The predicted octanol–water partition coefficient (Wildman–Crippen LogP) is 1.30. The van der Waals surface area contributed by atoms with Crippen LogP contribution in [0.4, 0.5) is 0 Å². The molecular formula is C11H22BrNO3S.